The fraction of sp³-hybridized carbons (Fsp3) is 0.455. The maximum absolute atomic E-state index is 2.19. The molecule has 0 amide bonds. The fourth-order valence-corrected chi connectivity index (χ4v) is 2.30. The molecule has 0 unspecified atom stereocenters. The summed E-state index contributed by atoms with van der Waals surface area (Å²) in [6.07, 6.45) is 0. The van der Waals surface area contributed by atoms with E-state index >= 15 is 0 Å². The third-order valence-electron chi connectivity index (χ3n) is 1.96. The number of hydrogen-bond donors (Lipinski definition) is 0. The Hall–Kier alpha value is -0.630. The zero-order valence-electron chi connectivity index (χ0n) is 8.79. The zero-order chi connectivity index (χ0) is 9.84. The molecule has 0 saturated carbocycles. The van der Waals surface area contributed by atoms with Gasteiger partial charge < -0.3 is 4.90 Å². The van der Waals surface area contributed by atoms with Crippen LogP contribution in [0.15, 0.2) is 23.1 Å². The average Bonchev–Trinajstić information content (AvgIpc) is 2.08. The summed E-state index contributed by atoms with van der Waals surface area (Å²) < 4.78 is 0. The van der Waals surface area contributed by atoms with Gasteiger partial charge in [-0.05, 0) is 24.3 Å². The van der Waals surface area contributed by atoms with Gasteiger partial charge in [0.05, 0.1) is 5.69 Å². The Kier molecular flexibility index (Phi) is 3.67. The van der Waals surface area contributed by atoms with Gasteiger partial charge in [-0.3, -0.25) is 0 Å². The van der Waals surface area contributed by atoms with E-state index in [0.717, 1.165) is 5.75 Å². The molecule has 13 heavy (non-hydrogen) atoms. The lowest BCUT2D eigenvalue weighted by molar-refractivity contribution is 1.08. The minimum absolute atomic E-state index is 1.13. The van der Waals surface area contributed by atoms with Crippen LogP contribution in [0.1, 0.15) is 12.5 Å². The molecule has 0 saturated heterocycles. The van der Waals surface area contributed by atoms with E-state index in [1.807, 2.05) is 11.8 Å². The van der Waals surface area contributed by atoms with E-state index in [1.165, 1.54) is 16.1 Å². The lowest BCUT2D eigenvalue weighted by Gasteiger charge is -2.18. The van der Waals surface area contributed by atoms with Crippen LogP contribution in [0.5, 0.6) is 0 Å². The molecule has 0 fully saturated rings. The summed E-state index contributed by atoms with van der Waals surface area (Å²) in [4.78, 5) is 3.58. The normalized spacial score (nSPS) is 10.2. The first-order chi connectivity index (χ1) is 6.16. The molecule has 0 N–H and O–H groups in total. The van der Waals surface area contributed by atoms with E-state index in [9.17, 15) is 0 Å². The second-order valence-corrected chi connectivity index (χ2v) is 4.52. The summed E-state index contributed by atoms with van der Waals surface area (Å²) >= 11 is 1.92. The van der Waals surface area contributed by atoms with Crippen LogP contribution >= 0.6 is 11.8 Å². The number of nitrogens with zero attached hydrogens (tertiary/aromatic N) is 1. The lowest BCUT2D eigenvalue weighted by Crippen LogP contribution is -2.10. The maximum Gasteiger partial charge on any atom is 0.0501 e. The molecular weight excluding hydrogens is 178 g/mol. The first-order valence-electron chi connectivity index (χ1n) is 4.56. The first kappa shape index (κ1) is 10.5. The maximum atomic E-state index is 2.19. The zero-order valence-corrected chi connectivity index (χ0v) is 9.61. The third kappa shape index (κ3) is 2.41. The minimum Gasteiger partial charge on any atom is -0.377 e. The van der Waals surface area contributed by atoms with Gasteiger partial charge in [-0.1, -0.05) is 19.1 Å². The molecule has 0 radical (unpaired) electrons. The van der Waals surface area contributed by atoms with Crippen molar-refractivity contribution in [1.29, 1.82) is 0 Å². The Morgan fingerprint density at radius 1 is 1.31 bits per heavy atom. The fourth-order valence-electron chi connectivity index (χ4n) is 1.32. The van der Waals surface area contributed by atoms with Crippen LogP contribution in [0.4, 0.5) is 5.69 Å². The van der Waals surface area contributed by atoms with Gasteiger partial charge in [0.2, 0.25) is 0 Å². The van der Waals surface area contributed by atoms with Gasteiger partial charge in [0.25, 0.3) is 0 Å². The number of hydrogen-bond acceptors (Lipinski definition) is 2. The van der Waals surface area contributed by atoms with Gasteiger partial charge in [-0.2, -0.15) is 0 Å². The summed E-state index contributed by atoms with van der Waals surface area (Å²) in [5.74, 6) is 1.13. The molecular formula is C11H17NS. The predicted molar refractivity (Wildman–Crippen MR) is 61.9 cm³/mol. The Bertz CT molecular complexity index is 281. The second-order valence-electron chi connectivity index (χ2n) is 3.25. The molecule has 0 atom stereocenters. The first-order valence-corrected chi connectivity index (χ1v) is 5.55. The average molecular weight is 195 g/mol. The molecule has 0 aliphatic carbocycles. The van der Waals surface area contributed by atoms with E-state index in [-0.39, 0.29) is 0 Å². The van der Waals surface area contributed by atoms with Crippen molar-refractivity contribution in [2.24, 2.45) is 0 Å². The number of anilines is 1. The van der Waals surface area contributed by atoms with Crippen molar-refractivity contribution >= 4 is 17.4 Å². The molecule has 1 nitrogen and oxygen atoms in total. The SMILES string of the molecule is CCSc1c(C)cccc1N(C)C. The van der Waals surface area contributed by atoms with Gasteiger partial charge >= 0.3 is 0 Å². The summed E-state index contributed by atoms with van der Waals surface area (Å²) in [6.45, 7) is 4.36. The van der Waals surface area contributed by atoms with Gasteiger partial charge in [0.1, 0.15) is 0 Å². The standard InChI is InChI=1S/C11H17NS/c1-5-13-11-9(2)7-6-8-10(11)12(3)4/h6-8H,5H2,1-4H3. The quantitative estimate of drug-likeness (QED) is 0.682. The van der Waals surface area contributed by atoms with E-state index in [2.05, 4.69) is 51.0 Å². The molecule has 1 aromatic rings. The Morgan fingerprint density at radius 3 is 2.54 bits per heavy atom. The van der Waals surface area contributed by atoms with Gasteiger partial charge in [-0.25, -0.2) is 0 Å². The van der Waals surface area contributed by atoms with Crippen molar-refractivity contribution in [3.05, 3.63) is 23.8 Å². The van der Waals surface area contributed by atoms with Crippen LogP contribution in [-0.4, -0.2) is 19.8 Å². The van der Waals surface area contributed by atoms with Gasteiger partial charge in [0.15, 0.2) is 0 Å². The van der Waals surface area contributed by atoms with Crippen molar-refractivity contribution < 1.29 is 0 Å². The second kappa shape index (κ2) is 4.56. The van der Waals surface area contributed by atoms with E-state index in [4.69, 9.17) is 0 Å². The van der Waals surface area contributed by atoms with Gasteiger partial charge in [0, 0.05) is 19.0 Å². The van der Waals surface area contributed by atoms with Crippen LogP contribution in [0.2, 0.25) is 0 Å². The van der Waals surface area contributed by atoms with Crippen molar-refractivity contribution in [3.8, 4) is 0 Å². The van der Waals surface area contributed by atoms with Crippen LogP contribution < -0.4 is 4.90 Å². The highest BCUT2D eigenvalue weighted by Crippen LogP contribution is 2.31. The van der Waals surface area contributed by atoms with E-state index in [0.29, 0.717) is 0 Å². The Balaban J connectivity index is 3.09. The number of rotatable bonds is 3. The summed E-state index contributed by atoms with van der Waals surface area (Å²) in [7, 11) is 4.18. The molecule has 72 valence electrons. The largest absolute Gasteiger partial charge is 0.377 e. The summed E-state index contributed by atoms with van der Waals surface area (Å²) in [5.41, 5.74) is 2.70. The van der Waals surface area contributed by atoms with E-state index in [1.54, 1.807) is 0 Å². The van der Waals surface area contributed by atoms with Crippen molar-refractivity contribution in [2.45, 2.75) is 18.7 Å². The molecule has 2 heteroatoms. The van der Waals surface area contributed by atoms with Crippen molar-refractivity contribution in [2.75, 3.05) is 24.7 Å². The number of aryl methyl sites for hydroxylation is 1. The minimum atomic E-state index is 1.13. The van der Waals surface area contributed by atoms with E-state index < -0.39 is 0 Å². The van der Waals surface area contributed by atoms with Crippen LogP contribution in [0.3, 0.4) is 0 Å². The topological polar surface area (TPSA) is 3.24 Å². The lowest BCUT2D eigenvalue weighted by atomic mass is 10.2. The molecule has 1 rings (SSSR count). The summed E-state index contributed by atoms with van der Waals surface area (Å²) in [6, 6.07) is 6.46. The molecule has 1 aromatic carbocycles. The molecule has 0 aromatic heterocycles. The summed E-state index contributed by atoms with van der Waals surface area (Å²) in [5, 5.41) is 0. The highest BCUT2D eigenvalue weighted by atomic mass is 32.2. The monoisotopic (exact) mass is 195 g/mol. The van der Waals surface area contributed by atoms with Crippen LogP contribution in [-0.2, 0) is 0 Å². The number of benzene rings is 1. The molecule has 0 bridgehead atoms. The number of thioether (sulfide) groups is 1. The highest BCUT2D eigenvalue weighted by molar-refractivity contribution is 7.99. The molecule has 0 aliphatic rings. The van der Waals surface area contributed by atoms with Crippen molar-refractivity contribution in [1.82, 2.24) is 0 Å². The predicted octanol–water partition coefficient (Wildman–Crippen LogP) is 3.17. The Labute approximate surface area is 85.1 Å². The van der Waals surface area contributed by atoms with Crippen LogP contribution in [0.25, 0.3) is 0 Å². The highest BCUT2D eigenvalue weighted by Gasteiger charge is 2.05. The molecule has 0 heterocycles. The van der Waals surface area contributed by atoms with Gasteiger partial charge in [-0.15, -0.1) is 11.8 Å². The smallest absolute Gasteiger partial charge is 0.0501 e. The third-order valence-corrected chi connectivity index (χ3v) is 3.07. The Morgan fingerprint density at radius 2 is 2.00 bits per heavy atom. The van der Waals surface area contributed by atoms with Crippen molar-refractivity contribution in [3.63, 3.8) is 0 Å². The molecule has 0 spiro atoms. The molecule has 0 aliphatic heterocycles. The van der Waals surface area contributed by atoms with Crippen LogP contribution in [0, 0.1) is 6.92 Å².